The van der Waals surface area contributed by atoms with Gasteiger partial charge < -0.3 is 19.5 Å². The molecule has 0 atom stereocenters. The van der Waals surface area contributed by atoms with Crippen LogP contribution in [-0.4, -0.2) is 45.2 Å². The maximum atomic E-state index is 11.0. The lowest BCUT2D eigenvalue weighted by molar-refractivity contribution is -0.139. The summed E-state index contributed by atoms with van der Waals surface area (Å²) in [6.45, 7) is 1.76. The first-order valence-corrected chi connectivity index (χ1v) is 6.33. The summed E-state index contributed by atoms with van der Waals surface area (Å²) in [6, 6.07) is 0.423. The molecule has 5 heteroatoms. The monoisotopic (exact) mass is 243 g/mol. The number of methoxy groups -OCH3 is 1. The largest absolute Gasteiger partial charge is 0.468 e. The fourth-order valence-corrected chi connectivity index (χ4v) is 2.54. The molecule has 0 amide bonds. The predicted octanol–water partition coefficient (Wildman–Crippen LogP) is 0.681. The standard InChI is InChI=1S/C12H21NO4/c1-15-11(14)8-13-10-4-2-9(3-5-10)12-16-6-7-17-12/h9-10,12-13H,2-8H2,1H3. The van der Waals surface area contributed by atoms with E-state index in [1.54, 1.807) is 0 Å². The third-order valence-electron chi connectivity index (χ3n) is 3.57. The van der Waals surface area contributed by atoms with Gasteiger partial charge in [-0.1, -0.05) is 0 Å². The lowest BCUT2D eigenvalue weighted by atomic mass is 9.85. The molecule has 17 heavy (non-hydrogen) atoms. The number of rotatable bonds is 4. The fourth-order valence-electron chi connectivity index (χ4n) is 2.54. The number of nitrogens with one attached hydrogen (secondary N) is 1. The molecule has 0 aromatic carbocycles. The molecule has 0 bridgehead atoms. The van der Waals surface area contributed by atoms with E-state index < -0.39 is 0 Å². The summed E-state index contributed by atoms with van der Waals surface area (Å²) < 4.78 is 15.7. The smallest absolute Gasteiger partial charge is 0.319 e. The van der Waals surface area contributed by atoms with Crippen molar-refractivity contribution in [1.29, 1.82) is 0 Å². The number of hydrogen-bond acceptors (Lipinski definition) is 5. The first-order valence-electron chi connectivity index (χ1n) is 6.33. The fraction of sp³-hybridized carbons (Fsp3) is 0.917. The van der Waals surface area contributed by atoms with Crippen LogP contribution in [0.4, 0.5) is 0 Å². The Morgan fingerprint density at radius 2 is 1.88 bits per heavy atom. The number of ether oxygens (including phenoxy) is 3. The van der Waals surface area contributed by atoms with Gasteiger partial charge in [0.05, 0.1) is 26.9 Å². The molecule has 1 saturated carbocycles. The first kappa shape index (κ1) is 12.8. The van der Waals surface area contributed by atoms with Crippen molar-refractivity contribution in [3.05, 3.63) is 0 Å². The molecule has 1 aliphatic heterocycles. The van der Waals surface area contributed by atoms with E-state index in [9.17, 15) is 4.79 Å². The number of esters is 1. The molecule has 1 saturated heterocycles. The van der Waals surface area contributed by atoms with Gasteiger partial charge in [-0.25, -0.2) is 0 Å². The highest BCUT2D eigenvalue weighted by atomic mass is 16.7. The summed E-state index contributed by atoms with van der Waals surface area (Å²) in [6.07, 6.45) is 4.36. The Hall–Kier alpha value is -0.650. The van der Waals surface area contributed by atoms with Gasteiger partial charge in [0.1, 0.15) is 0 Å². The molecule has 1 heterocycles. The van der Waals surface area contributed by atoms with E-state index >= 15 is 0 Å². The van der Waals surface area contributed by atoms with Crippen LogP contribution < -0.4 is 5.32 Å². The molecule has 0 aromatic heterocycles. The molecule has 1 N–H and O–H groups in total. The molecule has 0 spiro atoms. The average Bonchev–Trinajstić information content (AvgIpc) is 2.90. The van der Waals surface area contributed by atoms with Crippen molar-refractivity contribution in [3.63, 3.8) is 0 Å². The Balaban J connectivity index is 1.65. The minimum Gasteiger partial charge on any atom is -0.468 e. The second kappa shape index (κ2) is 6.33. The van der Waals surface area contributed by atoms with Crippen molar-refractivity contribution < 1.29 is 19.0 Å². The molecule has 2 fully saturated rings. The maximum Gasteiger partial charge on any atom is 0.319 e. The molecule has 0 radical (unpaired) electrons. The predicted molar refractivity (Wildman–Crippen MR) is 61.5 cm³/mol. The van der Waals surface area contributed by atoms with Gasteiger partial charge in [-0.15, -0.1) is 0 Å². The molecule has 2 rings (SSSR count). The van der Waals surface area contributed by atoms with Crippen molar-refractivity contribution in [2.24, 2.45) is 5.92 Å². The molecule has 5 nitrogen and oxygen atoms in total. The first-order chi connectivity index (χ1) is 8.29. The number of carbonyl (C=O) groups is 1. The van der Waals surface area contributed by atoms with Crippen LogP contribution >= 0.6 is 0 Å². The maximum absolute atomic E-state index is 11.0. The van der Waals surface area contributed by atoms with E-state index in [1.807, 2.05) is 0 Å². The van der Waals surface area contributed by atoms with E-state index in [1.165, 1.54) is 7.11 Å². The van der Waals surface area contributed by atoms with Crippen molar-refractivity contribution in [2.75, 3.05) is 26.9 Å². The summed E-state index contributed by atoms with van der Waals surface area (Å²) in [7, 11) is 1.41. The van der Waals surface area contributed by atoms with Crippen molar-refractivity contribution >= 4 is 5.97 Å². The summed E-state index contributed by atoms with van der Waals surface area (Å²) in [5, 5.41) is 3.23. The van der Waals surface area contributed by atoms with Crippen LogP contribution in [0.3, 0.4) is 0 Å². The van der Waals surface area contributed by atoms with Crippen LogP contribution in [0, 0.1) is 5.92 Å². The lowest BCUT2D eigenvalue weighted by Gasteiger charge is -2.31. The Morgan fingerprint density at radius 1 is 1.24 bits per heavy atom. The SMILES string of the molecule is COC(=O)CNC1CCC(C2OCCO2)CC1. The minimum absolute atomic E-state index is 0.0107. The zero-order valence-electron chi connectivity index (χ0n) is 10.3. The molecule has 98 valence electrons. The quantitative estimate of drug-likeness (QED) is 0.736. The summed E-state index contributed by atoms with van der Waals surface area (Å²) in [4.78, 5) is 11.0. The third kappa shape index (κ3) is 3.66. The Bertz CT molecular complexity index is 245. The van der Waals surface area contributed by atoms with Crippen LogP contribution in [-0.2, 0) is 19.0 Å². The van der Waals surface area contributed by atoms with Crippen LogP contribution in [0.15, 0.2) is 0 Å². The van der Waals surface area contributed by atoms with Gasteiger partial charge in [0.2, 0.25) is 0 Å². The van der Waals surface area contributed by atoms with Gasteiger partial charge in [0.15, 0.2) is 6.29 Å². The minimum atomic E-state index is -0.199. The van der Waals surface area contributed by atoms with E-state index in [2.05, 4.69) is 10.1 Å². The number of hydrogen-bond donors (Lipinski definition) is 1. The van der Waals surface area contributed by atoms with E-state index in [-0.39, 0.29) is 12.3 Å². The second-order valence-electron chi connectivity index (χ2n) is 4.68. The highest BCUT2D eigenvalue weighted by molar-refractivity contribution is 5.71. The normalized spacial score (nSPS) is 30.4. The topological polar surface area (TPSA) is 56.8 Å². The average molecular weight is 243 g/mol. The van der Waals surface area contributed by atoms with E-state index in [0.29, 0.717) is 18.5 Å². The van der Waals surface area contributed by atoms with Gasteiger partial charge in [0.25, 0.3) is 0 Å². The van der Waals surface area contributed by atoms with Crippen LogP contribution in [0.5, 0.6) is 0 Å². The van der Waals surface area contributed by atoms with Crippen molar-refractivity contribution in [1.82, 2.24) is 5.32 Å². The van der Waals surface area contributed by atoms with Crippen LogP contribution in [0.25, 0.3) is 0 Å². The van der Waals surface area contributed by atoms with Crippen LogP contribution in [0.1, 0.15) is 25.7 Å². The summed E-state index contributed by atoms with van der Waals surface area (Å²) in [5.74, 6) is 0.322. The Kier molecular flexibility index (Phi) is 4.76. The summed E-state index contributed by atoms with van der Waals surface area (Å²) in [5.41, 5.74) is 0. The molecule has 0 unspecified atom stereocenters. The third-order valence-corrected chi connectivity index (χ3v) is 3.57. The Labute approximate surface area is 102 Å². The van der Waals surface area contributed by atoms with Crippen LogP contribution in [0.2, 0.25) is 0 Å². The molecule has 0 aromatic rings. The van der Waals surface area contributed by atoms with Gasteiger partial charge in [-0.2, -0.15) is 0 Å². The Morgan fingerprint density at radius 3 is 2.47 bits per heavy atom. The van der Waals surface area contributed by atoms with Crippen molar-refractivity contribution in [2.45, 2.75) is 38.0 Å². The van der Waals surface area contributed by atoms with Crippen molar-refractivity contribution in [3.8, 4) is 0 Å². The van der Waals surface area contributed by atoms with Gasteiger partial charge in [-0.05, 0) is 25.7 Å². The lowest BCUT2D eigenvalue weighted by Crippen LogP contribution is -2.39. The summed E-state index contributed by atoms with van der Waals surface area (Å²) >= 11 is 0. The zero-order chi connectivity index (χ0) is 12.1. The highest BCUT2D eigenvalue weighted by Crippen LogP contribution is 2.30. The van der Waals surface area contributed by atoms with E-state index in [4.69, 9.17) is 9.47 Å². The number of carbonyl (C=O) groups excluding carboxylic acids is 1. The molecule has 1 aliphatic carbocycles. The van der Waals surface area contributed by atoms with Gasteiger partial charge in [-0.3, -0.25) is 4.79 Å². The molecular weight excluding hydrogens is 222 g/mol. The van der Waals surface area contributed by atoms with Gasteiger partial charge in [0, 0.05) is 12.0 Å². The molecular formula is C12H21NO4. The van der Waals surface area contributed by atoms with Gasteiger partial charge >= 0.3 is 5.97 Å². The second-order valence-corrected chi connectivity index (χ2v) is 4.68. The highest BCUT2D eigenvalue weighted by Gasteiger charge is 2.31. The van der Waals surface area contributed by atoms with E-state index in [0.717, 1.165) is 38.9 Å². The molecule has 2 aliphatic rings. The zero-order valence-corrected chi connectivity index (χ0v) is 10.3.